The molecule has 2 aliphatic heterocycles. The first kappa shape index (κ1) is 16.4. The Labute approximate surface area is 161 Å². The zero-order chi connectivity index (χ0) is 18.3. The molecule has 1 spiro atoms. The van der Waals surface area contributed by atoms with Crippen molar-refractivity contribution in [3.05, 3.63) is 23.3 Å². The van der Waals surface area contributed by atoms with E-state index in [1.807, 2.05) is 6.07 Å². The van der Waals surface area contributed by atoms with Gasteiger partial charge in [0.15, 0.2) is 23.4 Å². The Kier molecular flexibility index (Phi) is 3.34. The second-order valence-electron chi connectivity index (χ2n) is 9.63. The van der Waals surface area contributed by atoms with Gasteiger partial charge in [-0.3, -0.25) is 9.69 Å². The van der Waals surface area contributed by atoms with Crippen molar-refractivity contribution in [2.75, 3.05) is 20.2 Å². The van der Waals surface area contributed by atoms with E-state index in [0.29, 0.717) is 17.7 Å². The normalized spacial score (nSPS) is 39.6. The number of hydrogen-bond acceptors (Lipinski definition) is 4. The summed E-state index contributed by atoms with van der Waals surface area (Å²) >= 11 is 0. The van der Waals surface area contributed by atoms with Crippen molar-refractivity contribution in [2.45, 2.75) is 63.0 Å². The maximum Gasteiger partial charge on any atom is 0.177 e. The van der Waals surface area contributed by atoms with Gasteiger partial charge in [0.2, 0.25) is 0 Å². The van der Waals surface area contributed by atoms with E-state index in [9.17, 15) is 4.79 Å². The summed E-state index contributed by atoms with van der Waals surface area (Å²) in [5.74, 6) is 3.50. The molecule has 2 saturated carbocycles. The highest BCUT2D eigenvalue weighted by molar-refractivity contribution is 5.90. The monoisotopic (exact) mass is 367 g/mol. The van der Waals surface area contributed by atoms with E-state index in [2.05, 4.69) is 17.9 Å². The third-order valence-electron chi connectivity index (χ3n) is 8.50. The van der Waals surface area contributed by atoms with Crippen LogP contribution in [0, 0.1) is 17.8 Å². The molecule has 1 saturated heterocycles. The van der Waals surface area contributed by atoms with E-state index < -0.39 is 0 Å². The fourth-order valence-electron chi connectivity index (χ4n) is 7.00. The van der Waals surface area contributed by atoms with Crippen molar-refractivity contribution >= 4 is 5.78 Å². The van der Waals surface area contributed by atoms with Crippen LogP contribution in [0.4, 0.5) is 0 Å². The molecule has 1 aromatic carbocycles. The van der Waals surface area contributed by atoms with E-state index in [4.69, 9.17) is 9.47 Å². The average molecular weight is 367 g/mol. The molecule has 2 heterocycles. The molecule has 0 N–H and O–H groups in total. The summed E-state index contributed by atoms with van der Waals surface area (Å²) in [6.07, 6.45) is 7.07. The van der Waals surface area contributed by atoms with Crippen LogP contribution in [0.25, 0.3) is 0 Å². The standard InChI is InChI=1S/C23H29NO3/c1-13-10-16-17-11-15-6-7-18(26-2)21-19(15)23(16,22(27-21)20(13)25)8-9-24(17)12-14-4-3-5-14/h6-7,13-14,16-17,22H,3-5,8-12H2,1-2H3/t13-,16-,17+,22-,23-/m0/s1. The molecule has 0 amide bonds. The summed E-state index contributed by atoms with van der Waals surface area (Å²) in [7, 11) is 1.70. The fraction of sp³-hybridized carbons (Fsp3) is 0.696. The molecule has 5 atom stereocenters. The minimum atomic E-state index is -0.301. The number of Topliss-reactive ketones (excluding diaryl/α,β-unsaturated/α-hetero) is 1. The smallest absolute Gasteiger partial charge is 0.177 e. The minimum absolute atomic E-state index is 0.0983. The van der Waals surface area contributed by atoms with Gasteiger partial charge in [0.1, 0.15) is 0 Å². The molecule has 2 bridgehead atoms. The summed E-state index contributed by atoms with van der Waals surface area (Å²) in [6.45, 7) is 4.47. The van der Waals surface area contributed by atoms with Crippen LogP contribution in [0.3, 0.4) is 0 Å². The molecule has 4 heteroatoms. The highest BCUT2D eigenvalue weighted by Gasteiger charge is 2.67. The molecule has 1 aromatic rings. The van der Waals surface area contributed by atoms with Crippen LogP contribution in [0.5, 0.6) is 11.5 Å². The average Bonchev–Trinajstić information content (AvgIpc) is 2.97. The lowest BCUT2D eigenvalue weighted by molar-refractivity contribution is -0.145. The van der Waals surface area contributed by atoms with Crippen molar-refractivity contribution < 1.29 is 14.3 Å². The first-order valence-electron chi connectivity index (χ1n) is 10.8. The number of ether oxygens (including phenoxy) is 2. The minimum Gasteiger partial charge on any atom is -0.493 e. The van der Waals surface area contributed by atoms with E-state index in [1.165, 1.54) is 36.9 Å². The Morgan fingerprint density at radius 1 is 1.33 bits per heavy atom. The summed E-state index contributed by atoms with van der Waals surface area (Å²) in [4.78, 5) is 16.0. The number of likely N-dealkylation sites (tertiary alicyclic amines) is 1. The van der Waals surface area contributed by atoms with Gasteiger partial charge in [-0.2, -0.15) is 0 Å². The molecule has 4 nitrogen and oxygen atoms in total. The molecule has 0 unspecified atom stereocenters. The summed E-state index contributed by atoms with van der Waals surface area (Å²) in [5.41, 5.74) is 2.62. The Hall–Kier alpha value is -1.55. The molecule has 144 valence electrons. The molecule has 5 aliphatic rings. The van der Waals surface area contributed by atoms with Gasteiger partial charge < -0.3 is 9.47 Å². The Morgan fingerprint density at radius 3 is 2.93 bits per heavy atom. The molecule has 0 radical (unpaired) electrons. The summed E-state index contributed by atoms with van der Waals surface area (Å²) in [6, 6.07) is 4.85. The number of benzene rings is 1. The second-order valence-corrected chi connectivity index (χ2v) is 9.63. The fourth-order valence-corrected chi connectivity index (χ4v) is 7.00. The predicted octanol–water partition coefficient (Wildman–Crippen LogP) is 3.35. The van der Waals surface area contributed by atoms with Crippen LogP contribution in [-0.4, -0.2) is 43.0 Å². The number of piperidine rings is 1. The van der Waals surface area contributed by atoms with Crippen LogP contribution < -0.4 is 9.47 Å². The maximum atomic E-state index is 13.2. The molecular weight excluding hydrogens is 338 g/mol. The molecular formula is C23H29NO3. The number of nitrogens with zero attached hydrogens (tertiary/aromatic N) is 1. The third-order valence-corrected chi connectivity index (χ3v) is 8.50. The van der Waals surface area contributed by atoms with E-state index >= 15 is 0 Å². The first-order valence-corrected chi connectivity index (χ1v) is 10.8. The molecule has 0 aromatic heterocycles. The van der Waals surface area contributed by atoms with Crippen LogP contribution in [0.1, 0.15) is 50.2 Å². The van der Waals surface area contributed by atoms with Gasteiger partial charge in [0.05, 0.1) is 7.11 Å². The third kappa shape index (κ3) is 1.95. The van der Waals surface area contributed by atoms with Gasteiger partial charge in [-0.25, -0.2) is 0 Å². The summed E-state index contributed by atoms with van der Waals surface area (Å²) < 4.78 is 12.1. The zero-order valence-corrected chi connectivity index (χ0v) is 16.4. The van der Waals surface area contributed by atoms with Crippen molar-refractivity contribution in [1.29, 1.82) is 0 Å². The van der Waals surface area contributed by atoms with Crippen LogP contribution in [0.15, 0.2) is 12.1 Å². The van der Waals surface area contributed by atoms with Crippen LogP contribution >= 0.6 is 0 Å². The lowest BCUT2D eigenvalue weighted by atomic mass is 9.50. The van der Waals surface area contributed by atoms with Gasteiger partial charge in [-0.1, -0.05) is 19.4 Å². The van der Waals surface area contributed by atoms with Crippen molar-refractivity contribution in [3.63, 3.8) is 0 Å². The topological polar surface area (TPSA) is 38.8 Å². The number of ketones is 1. The van der Waals surface area contributed by atoms with E-state index in [0.717, 1.165) is 43.2 Å². The molecule has 3 fully saturated rings. The molecule has 6 rings (SSSR count). The van der Waals surface area contributed by atoms with Gasteiger partial charge >= 0.3 is 0 Å². The maximum absolute atomic E-state index is 13.2. The van der Waals surface area contributed by atoms with Crippen molar-refractivity contribution in [1.82, 2.24) is 4.90 Å². The van der Waals surface area contributed by atoms with Gasteiger partial charge in [0, 0.05) is 29.5 Å². The van der Waals surface area contributed by atoms with Crippen molar-refractivity contribution in [3.8, 4) is 11.5 Å². The number of hydrogen-bond donors (Lipinski definition) is 0. The summed E-state index contributed by atoms with van der Waals surface area (Å²) in [5, 5.41) is 0. The highest BCUT2D eigenvalue weighted by Crippen LogP contribution is 2.64. The lowest BCUT2D eigenvalue weighted by Crippen LogP contribution is -2.67. The Bertz CT molecular complexity index is 816. The largest absolute Gasteiger partial charge is 0.493 e. The predicted molar refractivity (Wildman–Crippen MR) is 102 cm³/mol. The number of methoxy groups -OCH3 is 1. The van der Waals surface area contributed by atoms with E-state index in [1.54, 1.807) is 7.11 Å². The molecule has 3 aliphatic carbocycles. The highest BCUT2D eigenvalue weighted by atomic mass is 16.5. The quantitative estimate of drug-likeness (QED) is 0.821. The lowest BCUT2D eigenvalue weighted by Gasteiger charge is -2.59. The van der Waals surface area contributed by atoms with Crippen molar-refractivity contribution in [2.24, 2.45) is 17.8 Å². The number of carbonyl (C=O) groups is 1. The first-order chi connectivity index (χ1) is 13.1. The van der Waals surface area contributed by atoms with Gasteiger partial charge in [-0.05, 0) is 62.1 Å². The van der Waals surface area contributed by atoms with E-state index in [-0.39, 0.29) is 17.4 Å². The van der Waals surface area contributed by atoms with Gasteiger partial charge in [-0.15, -0.1) is 0 Å². The zero-order valence-electron chi connectivity index (χ0n) is 16.4. The SMILES string of the molecule is COc1ccc2c3c1O[C@H]1C(=O)[C@@H](C)C[C@H]4[C@@H](C2)N(CC2CCC2)CC[C@]314. The number of carbonyl (C=O) groups excluding carboxylic acids is 1. The Morgan fingerprint density at radius 2 is 2.19 bits per heavy atom. The number of rotatable bonds is 3. The molecule has 27 heavy (non-hydrogen) atoms. The Balaban J connectivity index is 1.49. The van der Waals surface area contributed by atoms with Crippen LogP contribution in [-0.2, 0) is 16.6 Å². The van der Waals surface area contributed by atoms with Crippen LogP contribution in [0.2, 0.25) is 0 Å². The second kappa shape index (κ2) is 5.50. The van der Waals surface area contributed by atoms with Gasteiger partial charge in [0.25, 0.3) is 0 Å².